The number of nitrogens with two attached hydrogens (primary N) is 1. The van der Waals surface area contributed by atoms with Crippen LogP contribution in [-0.2, 0) is 11.1 Å². The number of nitrogens with one attached hydrogen (secondary N) is 2. The summed E-state index contributed by atoms with van der Waals surface area (Å²) in [4.78, 5) is 45.8. The second kappa shape index (κ2) is 5.86. The Morgan fingerprint density at radius 1 is 1.29 bits per heavy atom. The van der Waals surface area contributed by atoms with Crippen LogP contribution >= 0.6 is 23.5 Å². The van der Waals surface area contributed by atoms with E-state index in [1.807, 2.05) is 0 Å². The zero-order valence-electron chi connectivity index (χ0n) is 11.0. The molecule has 0 aliphatic heterocycles. The van der Waals surface area contributed by atoms with Crippen LogP contribution in [0.3, 0.4) is 0 Å². The fourth-order valence-electron chi connectivity index (χ4n) is 1.85. The van der Waals surface area contributed by atoms with E-state index in [-0.39, 0.29) is 6.54 Å². The topological polar surface area (TPSA) is 140 Å². The van der Waals surface area contributed by atoms with Crippen molar-refractivity contribution in [2.75, 3.05) is 0 Å². The van der Waals surface area contributed by atoms with E-state index in [1.54, 1.807) is 12.1 Å². The molecule has 1 atom stereocenters. The molecule has 1 aromatic heterocycles. The van der Waals surface area contributed by atoms with Gasteiger partial charge in [0.15, 0.2) is 5.78 Å². The molecular formula is C11H14BrN3O5P+. The Morgan fingerprint density at radius 2 is 1.90 bits per heavy atom. The highest BCUT2D eigenvalue weighted by molar-refractivity contribution is 9.10. The molecule has 1 aromatic carbocycles. The van der Waals surface area contributed by atoms with Gasteiger partial charge in [-0.2, -0.15) is 0 Å². The van der Waals surface area contributed by atoms with E-state index in [0.717, 1.165) is 0 Å². The molecule has 21 heavy (non-hydrogen) atoms. The number of H-pyrrole nitrogens is 2. The second-order valence-corrected chi connectivity index (χ2v) is 7.57. The number of quaternary nitrogens is 1. The molecule has 114 valence electrons. The summed E-state index contributed by atoms with van der Waals surface area (Å²) in [5, 5.41) is 1.48. The number of aromatic amines is 2. The molecule has 10 heteroatoms. The molecule has 2 aromatic rings. The molecule has 8 nitrogen and oxygen atoms in total. The summed E-state index contributed by atoms with van der Waals surface area (Å²) in [6, 6.07) is 3.36. The van der Waals surface area contributed by atoms with Crippen LogP contribution in [0.1, 0.15) is 12.5 Å². The van der Waals surface area contributed by atoms with E-state index < -0.39 is 24.5 Å². The number of halogens is 1. The van der Waals surface area contributed by atoms with E-state index in [2.05, 4.69) is 25.9 Å². The van der Waals surface area contributed by atoms with Crippen molar-refractivity contribution in [1.29, 1.82) is 0 Å². The van der Waals surface area contributed by atoms with Crippen molar-refractivity contribution in [3.63, 3.8) is 0 Å². The van der Waals surface area contributed by atoms with Crippen molar-refractivity contribution in [1.82, 2.24) is 9.97 Å². The molecular weight excluding hydrogens is 365 g/mol. The van der Waals surface area contributed by atoms with E-state index in [1.165, 1.54) is 12.2 Å². The maximum absolute atomic E-state index is 11.4. The third-order valence-electron chi connectivity index (χ3n) is 3.09. The summed E-state index contributed by atoms with van der Waals surface area (Å²) in [5.74, 6) is -0.902. The second-order valence-electron chi connectivity index (χ2n) is 4.67. The molecule has 0 radical (unpaired) electrons. The van der Waals surface area contributed by atoms with Crippen molar-refractivity contribution in [2.24, 2.45) is 0 Å². The first-order valence-corrected chi connectivity index (χ1v) is 8.49. The summed E-state index contributed by atoms with van der Waals surface area (Å²) < 4.78 is 11.8. The van der Waals surface area contributed by atoms with Crippen LogP contribution in [-0.4, -0.2) is 25.5 Å². The van der Waals surface area contributed by atoms with Crippen LogP contribution in [0.4, 0.5) is 0 Å². The molecule has 0 saturated carbocycles. The fourth-order valence-corrected chi connectivity index (χ4v) is 2.74. The van der Waals surface area contributed by atoms with E-state index in [4.69, 9.17) is 9.79 Å². The minimum atomic E-state index is -4.18. The zero-order valence-corrected chi connectivity index (χ0v) is 13.4. The smallest absolute Gasteiger partial charge is 0.330 e. The Balaban J connectivity index is 2.44. The van der Waals surface area contributed by atoms with Crippen molar-refractivity contribution in [3.8, 4) is 0 Å². The minimum absolute atomic E-state index is 0.240. The first kappa shape index (κ1) is 16.1. The highest BCUT2D eigenvalue weighted by Crippen LogP contribution is 2.36. The summed E-state index contributed by atoms with van der Waals surface area (Å²) in [7, 11) is -4.18. The van der Waals surface area contributed by atoms with Gasteiger partial charge in [0, 0.05) is 10.0 Å². The van der Waals surface area contributed by atoms with Crippen LogP contribution < -0.4 is 16.4 Å². The third kappa shape index (κ3) is 3.69. The summed E-state index contributed by atoms with van der Waals surface area (Å²) in [6.07, 6.45) is 0. The molecule has 0 amide bonds. The molecule has 2 rings (SSSR count). The van der Waals surface area contributed by atoms with Gasteiger partial charge in [0.1, 0.15) is 6.54 Å². The predicted octanol–water partition coefficient (Wildman–Crippen LogP) is -0.434. The molecule has 0 spiro atoms. The monoisotopic (exact) mass is 378 g/mol. The van der Waals surface area contributed by atoms with Crippen LogP contribution in [0.2, 0.25) is 0 Å². The lowest BCUT2D eigenvalue weighted by Crippen LogP contribution is -2.87. The molecule has 0 aliphatic rings. The van der Waals surface area contributed by atoms with Gasteiger partial charge in [0.25, 0.3) is 0 Å². The van der Waals surface area contributed by atoms with Crippen LogP contribution in [0.25, 0.3) is 11.0 Å². The summed E-state index contributed by atoms with van der Waals surface area (Å²) >= 11 is 3.29. The van der Waals surface area contributed by atoms with Gasteiger partial charge in [-0.1, -0.05) is 15.9 Å². The third-order valence-corrected chi connectivity index (χ3v) is 4.82. The number of hydrogen-bond donors (Lipinski definition) is 5. The average molecular weight is 379 g/mol. The molecule has 0 saturated heterocycles. The van der Waals surface area contributed by atoms with Gasteiger partial charge in [-0.15, -0.1) is 0 Å². The zero-order chi connectivity index (χ0) is 15.8. The fraction of sp³-hybridized carbons (Fsp3) is 0.273. The number of fused-ring (bicyclic) bond motifs is 1. The van der Waals surface area contributed by atoms with E-state index in [0.29, 0.717) is 21.1 Å². The summed E-state index contributed by atoms with van der Waals surface area (Å²) in [6.45, 7) is 1.66. The quantitative estimate of drug-likeness (QED) is 0.362. The highest BCUT2D eigenvalue weighted by atomic mass is 79.9. The Kier molecular flexibility index (Phi) is 4.50. The number of hydrogen-bond acceptors (Lipinski definition) is 3. The minimum Gasteiger partial charge on any atom is -0.330 e. The molecule has 0 fully saturated rings. The van der Waals surface area contributed by atoms with Gasteiger partial charge in [-0.05, 0) is 19.1 Å². The van der Waals surface area contributed by atoms with Gasteiger partial charge < -0.3 is 25.1 Å². The van der Waals surface area contributed by atoms with Gasteiger partial charge in [0.05, 0.1) is 11.0 Å². The van der Waals surface area contributed by atoms with Gasteiger partial charge in [-0.3, -0.25) is 14.2 Å². The predicted molar refractivity (Wildman–Crippen MR) is 80.0 cm³/mol. The number of benzene rings is 1. The van der Waals surface area contributed by atoms with Crippen molar-refractivity contribution in [3.05, 3.63) is 42.9 Å². The van der Waals surface area contributed by atoms with Gasteiger partial charge >= 0.3 is 18.7 Å². The normalized spacial score (nSPS) is 13.5. The first-order chi connectivity index (χ1) is 9.68. The lowest BCUT2D eigenvalue weighted by atomic mass is 10.1. The molecule has 0 aliphatic carbocycles. The van der Waals surface area contributed by atoms with Crippen molar-refractivity contribution in [2.45, 2.75) is 19.3 Å². The Bertz CT molecular complexity index is 840. The maximum atomic E-state index is 11.4. The first-order valence-electron chi connectivity index (χ1n) is 6.02. The van der Waals surface area contributed by atoms with Crippen LogP contribution in [0.15, 0.2) is 26.2 Å². The van der Waals surface area contributed by atoms with E-state index >= 15 is 0 Å². The summed E-state index contributed by atoms with van der Waals surface area (Å²) in [5.41, 5.74) is 0.0134. The van der Waals surface area contributed by atoms with Gasteiger partial charge in [-0.25, -0.2) is 0 Å². The molecule has 6 N–H and O–H groups in total. The Morgan fingerprint density at radius 3 is 2.52 bits per heavy atom. The average Bonchev–Trinajstić information content (AvgIpc) is 2.36. The molecule has 0 unspecified atom stereocenters. The number of aromatic nitrogens is 2. The van der Waals surface area contributed by atoms with Crippen LogP contribution in [0, 0.1) is 0 Å². The highest BCUT2D eigenvalue weighted by Gasteiger charge is 2.27. The Labute approximate surface area is 126 Å². The number of rotatable bonds is 4. The lowest BCUT2D eigenvalue weighted by Gasteiger charge is -2.13. The van der Waals surface area contributed by atoms with Crippen LogP contribution in [0.5, 0.6) is 0 Å². The Hall–Kier alpha value is -1.25. The van der Waals surface area contributed by atoms with Crippen molar-refractivity contribution >= 4 is 34.6 Å². The van der Waals surface area contributed by atoms with Crippen molar-refractivity contribution < 1.29 is 19.7 Å². The SMILES string of the molecule is C[C@@H]([NH2+]Cc1cc(Br)cc2[nH]c(=O)c(=O)[nH]c12)P(=O)(O)O. The maximum Gasteiger partial charge on any atom is 0.382 e. The van der Waals surface area contributed by atoms with Gasteiger partial charge in [0.2, 0.25) is 0 Å². The standard InChI is InChI=1S/C11H13BrN3O5P/c1-5(21(18,19)20)13-4-6-2-7(12)3-8-9(6)15-11(17)10(16)14-8/h2-3,5,13H,4H2,1H3,(H,14,16)(H,15,17)(H2,18,19,20)/p+1/t5-/m0/s1. The molecule has 0 bridgehead atoms. The lowest BCUT2D eigenvalue weighted by molar-refractivity contribution is -0.684. The van der Waals surface area contributed by atoms with E-state index in [9.17, 15) is 14.2 Å². The molecule has 1 heterocycles. The largest absolute Gasteiger partial charge is 0.382 e.